The van der Waals surface area contributed by atoms with Gasteiger partial charge >= 0.3 is 0 Å². The van der Waals surface area contributed by atoms with E-state index in [9.17, 15) is 8.42 Å². The van der Waals surface area contributed by atoms with Crippen molar-refractivity contribution in [2.24, 2.45) is 0 Å². The molecule has 1 aromatic carbocycles. The molecule has 3 aromatic heterocycles. The summed E-state index contributed by atoms with van der Waals surface area (Å²) in [4.78, 5) is 9.37. The maximum absolute atomic E-state index is 13.0. The minimum Gasteiger partial charge on any atom is -0.497 e. The molecule has 0 amide bonds. The van der Waals surface area contributed by atoms with E-state index < -0.39 is 10.0 Å². The van der Waals surface area contributed by atoms with E-state index in [-0.39, 0.29) is 6.04 Å². The first kappa shape index (κ1) is 19.2. The van der Waals surface area contributed by atoms with Gasteiger partial charge in [-0.1, -0.05) is 6.07 Å². The summed E-state index contributed by atoms with van der Waals surface area (Å²) in [6.07, 6.45) is 2.45. The molecular weight excluding hydrogens is 420 g/mol. The summed E-state index contributed by atoms with van der Waals surface area (Å²) in [7, 11) is -1.84. The van der Waals surface area contributed by atoms with E-state index in [4.69, 9.17) is 9.72 Å². The molecule has 0 radical (unpaired) electrons. The number of pyridine rings is 1. The standard InChI is InChI=1S/C21H20N4O3S2/c1-28-17-8-6-15(7-9-17)20-23-18-4-2-11-22-21(18)25(20)16-10-12-24(14-16)30(26,27)19-5-3-13-29-19/h2-9,11,13,16H,10,12,14H2,1H3/t16-/m1/s1. The lowest BCUT2D eigenvalue weighted by Crippen LogP contribution is -2.28. The molecule has 30 heavy (non-hydrogen) atoms. The zero-order chi connectivity index (χ0) is 20.7. The molecule has 0 spiro atoms. The number of methoxy groups -OCH3 is 1. The van der Waals surface area contributed by atoms with Crippen molar-refractivity contribution in [1.29, 1.82) is 0 Å². The predicted octanol–water partition coefficient (Wildman–Crippen LogP) is 3.80. The first-order chi connectivity index (χ1) is 14.6. The van der Waals surface area contributed by atoms with E-state index >= 15 is 0 Å². The van der Waals surface area contributed by atoms with E-state index in [0.29, 0.717) is 23.7 Å². The zero-order valence-corrected chi connectivity index (χ0v) is 17.9. The van der Waals surface area contributed by atoms with Crippen molar-refractivity contribution in [3.63, 3.8) is 0 Å². The Labute approximate surface area is 178 Å². The van der Waals surface area contributed by atoms with Crippen LogP contribution in [0.2, 0.25) is 0 Å². The normalized spacial score (nSPS) is 17.6. The average Bonchev–Trinajstić information content (AvgIpc) is 3.53. The van der Waals surface area contributed by atoms with Gasteiger partial charge in [0.1, 0.15) is 21.3 Å². The van der Waals surface area contributed by atoms with E-state index in [0.717, 1.165) is 28.3 Å². The Balaban J connectivity index is 1.55. The molecule has 5 rings (SSSR count). The maximum atomic E-state index is 13.0. The largest absolute Gasteiger partial charge is 0.497 e. The monoisotopic (exact) mass is 440 g/mol. The molecule has 1 atom stereocenters. The van der Waals surface area contributed by atoms with Gasteiger partial charge < -0.3 is 9.30 Å². The molecule has 7 nitrogen and oxygen atoms in total. The molecule has 0 aliphatic carbocycles. The Morgan fingerprint density at radius 2 is 1.97 bits per heavy atom. The van der Waals surface area contributed by atoms with Crippen LogP contribution in [0.15, 0.2) is 64.3 Å². The summed E-state index contributed by atoms with van der Waals surface area (Å²) in [6, 6.07) is 14.9. The Bertz CT molecular complexity index is 1280. The van der Waals surface area contributed by atoms with Gasteiger partial charge in [0.05, 0.1) is 13.2 Å². The molecule has 1 aliphatic heterocycles. The first-order valence-corrected chi connectivity index (χ1v) is 11.9. The number of nitrogens with zero attached hydrogens (tertiary/aromatic N) is 4. The van der Waals surface area contributed by atoms with Crippen LogP contribution in [0.25, 0.3) is 22.6 Å². The summed E-state index contributed by atoms with van der Waals surface area (Å²) >= 11 is 1.25. The highest BCUT2D eigenvalue weighted by atomic mass is 32.2. The second kappa shape index (κ2) is 7.50. The van der Waals surface area contributed by atoms with Crippen LogP contribution in [-0.4, -0.2) is 47.5 Å². The minimum absolute atomic E-state index is 0.0447. The molecule has 1 fully saturated rings. The molecule has 0 N–H and O–H groups in total. The second-order valence-corrected chi connectivity index (χ2v) is 10.2. The molecule has 4 aromatic rings. The highest BCUT2D eigenvalue weighted by Crippen LogP contribution is 2.35. The number of ether oxygens (including phenoxy) is 1. The Morgan fingerprint density at radius 1 is 1.13 bits per heavy atom. The smallest absolute Gasteiger partial charge is 0.252 e. The van der Waals surface area contributed by atoms with Crippen LogP contribution < -0.4 is 4.74 Å². The molecule has 4 heterocycles. The number of thiophene rings is 1. The predicted molar refractivity (Wildman–Crippen MR) is 116 cm³/mol. The molecule has 154 valence electrons. The summed E-state index contributed by atoms with van der Waals surface area (Å²) in [6.45, 7) is 0.866. The van der Waals surface area contributed by atoms with Gasteiger partial charge in [-0.05, 0) is 54.3 Å². The van der Waals surface area contributed by atoms with E-state index in [1.807, 2.05) is 36.4 Å². The van der Waals surface area contributed by atoms with Crippen molar-refractivity contribution >= 4 is 32.5 Å². The van der Waals surface area contributed by atoms with Gasteiger partial charge in [-0.15, -0.1) is 11.3 Å². The molecule has 0 bridgehead atoms. The van der Waals surface area contributed by atoms with Crippen LogP contribution in [0.4, 0.5) is 0 Å². The quantitative estimate of drug-likeness (QED) is 0.472. The van der Waals surface area contributed by atoms with E-state index in [1.54, 1.807) is 35.1 Å². The van der Waals surface area contributed by atoms with Crippen molar-refractivity contribution in [3.05, 3.63) is 60.1 Å². The van der Waals surface area contributed by atoms with Crippen molar-refractivity contribution in [3.8, 4) is 17.1 Å². The molecule has 0 saturated carbocycles. The lowest BCUT2D eigenvalue weighted by Gasteiger charge is -2.18. The fraction of sp³-hybridized carbons (Fsp3) is 0.238. The van der Waals surface area contributed by atoms with Crippen molar-refractivity contribution in [2.45, 2.75) is 16.7 Å². The van der Waals surface area contributed by atoms with Crippen molar-refractivity contribution in [2.75, 3.05) is 20.2 Å². The summed E-state index contributed by atoms with van der Waals surface area (Å²) in [5, 5.41) is 1.79. The lowest BCUT2D eigenvalue weighted by atomic mass is 10.2. The minimum atomic E-state index is -3.48. The van der Waals surface area contributed by atoms with Crippen molar-refractivity contribution in [1.82, 2.24) is 18.8 Å². The van der Waals surface area contributed by atoms with Gasteiger partial charge in [-0.2, -0.15) is 4.31 Å². The van der Waals surface area contributed by atoms with E-state index in [1.165, 1.54) is 11.3 Å². The molecule has 0 unspecified atom stereocenters. The third kappa shape index (κ3) is 3.19. The van der Waals surface area contributed by atoms with Gasteiger partial charge in [0.15, 0.2) is 5.65 Å². The third-order valence-corrected chi connectivity index (χ3v) is 8.62. The van der Waals surface area contributed by atoms with Gasteiger partial charge in [0, 0.05) is 24.8 Å². The Hall–Kier alpha value is -2.75. The zero-order valence-electron chi connectivity index (χ0n) is 16.3. The fourth-order valence-electron chi connectivity index (χ4n) is 3.90. The highest BCUT2D eigenvalue weighted by Gasteiger charge is 2.35. The highest BCUT2D eigenvalue weighted by molar-refractivity contribution is 7.91. The van der Waals surface area contributed by atoms with Crippen LogP contribution in [0, 0.1) is 0 Å². The van der Waals surface area contributed by atoms with Gasteiger partial charge in [-0.3, -0.25) is 0 Å². The Morgan fingerprint density at radius 3 is 2.70 bits per heavy atom. The van der Waals surface area contributed by atoms with Gasteiger partial charge in [0.25, 0.3) is 10.0 Å². The number of aromatic nitrogens is 3. The van der Waals surface area contributed by atoms with Crippen LogP contribution in [0.3, 0.4) is 0 Å². The second-order valence-electron chi connectivity index (χ2n) is 7.12. The van der Waals surface area contributed by atoms with Gasteiger partial charge in [-0.25, -0.2) is 18.4 Å². The van der Waals surface area contributed by atoms with Crippen LogP contribution in [-0.2, 0) is 10.0 Å². The fourth-order valence-corrected chi connectivity index (χ4v) is 6.53. The SMILES string of the molecule is COc1ccc(-c2nc3cccnc3n2[C@@H]2CCN(S(=O)(=O)c3cccs3)C2)cc1. The number of fused-ring (bicyclic) bond motifs is 1. The van der Waals surface area contributed by atoms with Crippen LogP contribution in [0.1, 0.15) is 12.5 Å². The van der Waals surface area contributed by atoms with Crippen LogP contribution in [0.5, 0.6) is 5.75 Å². The maximum Gasteiger partial charge on any atom is 0.252 e. The number of imidazole rings is 1. The molecule has 9 heteroatoms. The molecule has 1 aliphatic rings. The van der Waals surface area contributed by atoms with Crippen molar-refractivity contribution < 1.29 is 13.2 Å². The number of rotatable bonds is 5. The Kier molecular flexibility index (Phi) is 4.80. The number of sulfonamides is 1. The molecular formula is C21H20N4O3S2. The van der Waals surface area contributed by atoms with Gasteiger partial charge in [0.2, 0.25) is 0 Å². The summed E-state index contributed by atoms with van der Waals surface area (Å²) in [5.74, 6) is 1.56. The van der Waals surface area contributed by atoms with Crippen LogP contribution >= 0.6 is 11.3 Å². The van der Waals surface area contributed by atoms with E-state index in [2.05, 4.69) is 9.55 Å². The lowest BCUT2D eigenvalue weighted by molar-refractivity contribution is 0.415. The third-order valence-electron chi connectivity index (χ3n) is 5.38. The number of benzene rings is 1. The topological polar surface area (TPSA) is 77.3 Å². The first-order valence-electron chi connectivity index (χ1n) is 9.59. The number of hydrogen-bond donors (Lipinski definition) is 0. The number of hydrogen-bond acceptors (Lipinski definition) is 6. The summed E-state index contributed by atoms with van der Waals surface area (Å²) in [5.41, 5.74) is 2.50. The average molecular weight is 441 g/mol. The summed E-state index contributed by atoms with van der Waals surface area (Å²) < 4.78 is 35.3. The molecule has 1 saturated heterocycles.